The van der Waals surface area contributed by atoms with Crippen molar-refractivity contribution in [2.75, 3.05) is 4.90 Å². The molecule has 0 bridgehead atoms. The number of carbonyl (C=O) groups is 2. The second kappa shape index (κ2) is 5.52. The van der Waals surface area contributed by atoms with E-state index in [0.717, 1.165) is 10.7 Å². The van der Waals surface area contributed by atoms with E-state index >= 15 is 0 Å². The molecule has 0 N–H and O–H groups in total. The molecule has 2 amide bonds. The molecular weight excluding hydrogens is 595 g/mol. The number of nitrogens with zero attached hydrogens (tertiary/aromatic N) is 1. The molecule has 1 aliphatic heterocycles. The third kappa shape index (κ3) is 2.19. The summed E-state index contributed by atoms with van der Waals surface area (Å²) in [5.74, 6) is -0.488. The molecule has 2 aromatic carbocycles. The molecule has 0 radical (unpaired) electrons. The van der Waals surface area contributed by atoms with Gasteiger partial charge >= 0.3 is 0 Å². The topological polar surface area (TPSA) is 37.4 Å². The van der Waals surface area contributed by atoms with Crippen LogP contribution >= 0.6 is 67.8 Å². The number of carbonyl (C=O) groups excluding carboxylic acids is 2. The van der Waals surface area contributed by atoms with E-state index in [0.29, 0.717) is 16.8 Å². The third-order valence-electron chi connectivity index (χ3n) is 3.03. The molecule has 0 atom stereocenters. The van der Waals surface area contributed by atoms with Crippen LogP contribution in [0.2, 0.25) is 0 Å². The van der Waals surface area contributed by atoms with E-state index in [4.69, 9.17) is 0 Å². The average molecular weight is 601 g/mol. The molecule has 0 unspecified atom stereocenters. The number of halogens is 3. The SMILES string of the molecule is O=C1c2cc(I)c(I)c(I)c2C(=O)N1c1ccccc1. The van der Waals surface area contributed by atoms with Crippen LogP contribution in [-0.2, 0) is 0 Å². The highest BCUT2D eigenvalue weighted by atomic mass is 127. The molecule has 3 nitrogen and oxygen atoms in total. The second-order valence-corrected chi connectivity index (χ2v) is 7.51. The lowest BCUT2D eigenvalue weighted by Gasteiger charge is -2.13. The molecule has 6 heteroatoms. The van der Waals surface area contributed by atoms with Crippen molar-refractivity contribution >= 4 is 85.3 Å². The Morgan fingerprint density at radius 1 is 0.850 bits per heavy atom. The molecule has 0 saturated carbocycles. The van der Waals surface area contributed by atoms with E-state index < -0.39 is 0 Å². The van der Waals surface area contributed by atoms with Gasteiger partial charge in [0.15, 0.2) is 0 Å². The zero-order valence-electron chi connectivity index (χ0n) is 9.86. The summed E-state index contributed by atoms with van der Waals surface area (Å²) in [7, 11) is 0. The van der Waals surface area contributed by atoms with Crippen LogP contribution in [0.4, 0.5) is 5.69 Å². The number of imide groups is 1. The molecule has 1 aliphatic rings. The Bertz CT molecular complexity index is 744. The van der Waals surface area contributed by atoms with Crippen LogP contribution in [0.5, 0.6) is 0 Å². The lowest BCUT2D eigenvalue weighted by molar-refractivity contribution is 0.0926. The van der Waals surface area contributed by atoms with Crippen LogP contribution in [0.1, 0.15) is 20.7 Å². The van der Waals surface area contributed by atoms with Crippen LogP contribution in [0.25, 0.3) is 0 Å². The van der Waals surface area contributed by atoms with Gasteiger partial charge in [0.25, 0.3) is 11.8 Å². The maximum atomic E-state index is 12.6. The van der Waals surface area contributed by atoms with Crippen molar-refractivity contribution in [3.05, 3.63) is 58.2 Å². The Balaban J connectivity index is 2.21. The molecule has 0 fully saturated rings. The van der Waals surface area contributed by atoms with Crippen molar-refractivity contribution in [2.24, 2.45) is 0 Å². The Labute approximate surface area is 156 Å². The van der Waals surface area contributed by atoms with E-state index in [1.54, 1.807) is 18.2 Å². The van der Waals surface area contributed by atoms with Crippen molar-refractivity contribution < 1.29 is 9.59 Å². The van der Waals surface area contributed by atoms with Gasteiger partial charge < -0.3 is 0 Å². The summed E-state index contributed by atoms with van der Waals surface area (Å²) in [6.07, 6.45) is 0. The minimum absolute atomic E-state index is 0.241. The number of hydrogen-bond donors (Lipinski definition) is 0. The van der Waals surface area contributed by atoms with Gasteiger partial charge in [-0.05, 0) is 86.0 Å². The second-order valence-electron chi connectivity index (χ2n) is 4.19. The largest absolute Gasteiger partial charge is 0.268 e. The maximum absolute atomic E-state index is 12.6. The molecule has 3 rings (SSSR count). The van der Waals surface area contributed by atoms with Crippen LogP contribution < -0.4 is 4.90 Å². The molecule has 0 spiro atoms. The smallest absolute Gasteiger partial charge is 0.267 e. The first-order chi connectivity index (χ1) is 9.52. The minimum Gasteiger partial charge on any atom is -0.268 e. The van der Waals surface area contributed by atoms with Gasteiger partial charge in [-0.15, -0.1) is 0 Å². The van der Waals surface area contributed by atoms with E-state index in [2.05, 4.69) is 67.8 Å². The van der Waals surface area contributed by atoms with Crippen LogP contribution in [0.3, 0.4) is 0 Å². The molecule has 0 aromatic heterocycles. The first-order valence-electron chi connectivity index (χ1n) is 5.63. The molecule has 20 heavy (non-hydrogen) atoms. The van der Waals surface area contributed by atoms with Crippen molar-refractivity contribution in [3.8, 4) is 0 Å². The Kier molecular flexibility index (Phi) is 4.06. The first kappa shape index (κ1) is 14.7. The van der Waals surface area contributed by atoms with E-state index in [-0.39, 0.29) is 11.8 Å². The highest BCUT2D eigenvalue weighted by molar-refractivity contribution is 14.1. The fourth-order valence-electron chi connectivity index (χ4n) is 2.11. The molecule has 2 aromatic rings. The zero-order chi connectivity index (χ0) is 14.4. The summed E-state index contributed by atoms with van der Waals surface area (Å²) in [6.45, 7) is 0. The number of hydrogen-bond acceptors (Lipinski definition) is 2. The summed E-state index contributed by atoms with van der Waals surface area (Å²) in [5.41, 5.74) is 1.62. The lowest BCUT2D eigenvalue weighted by atomic mass is 10.1. The van der Waals surface area contributed by atoms with E-state index in [1.807, 2.05) is 18.2 Å². The Hall–Kier alpha value is -0.230. The quantitative estimate of drug-likeness (QED) is 0.278. The Morgan fingerprint density at radius 3 is 2.15 bits per heavy atom. The van der Waals surface area contributed by atoms with Gasteiger partial charge in [-0.3, -0.25) is 9.59 Å². The summed E-state index contributed by atoms with van der Waals surface area (Å²) in [4.78, 5) is 26.4. The van der Waals surface area contributed by atoms with Gasteiger partial charge in [-0.2, -0.15) is 0 Å². The van der Waals surface area contributed by atoms with Gasteiger partial charge in [0, 0.05) is 10.7 Å². The number of fused-ring (bicyclic) bond motifs is 1. The van der Waals surface area contributed by atoms with Crippen molar-refractivity contribution in [2.45, 2.75) is 0 Å². The molecule has 1 heterocycles. The van der Waals surface area contributed by atoms with Crippen molar-refractivity contribution in [1.29, 1.82) is 0 Å². The number of anilines is 1. The van der Waals surface area contributed by atoms with E-state index in [1.165, 1.54) is 4.90 Å². The third-order valence-corrected chi connectivity index (χ3v) is 8.14. The monoisotopic (exact) mass is 601 g/mol. The molecular formula is C14H6I3NO2. The van der Waals surface area contributed by atoms with Crippen LogP contribution in [-0.4, -0.2) is 11.8 Å². The summed E-state index contributed by atoms with van der Waals surface area (Å²) < 4.78 is 2.85. The number of benzene rings is 2. The van der Waals surface area contributed by atoms with Gasteiger partial charge in [-0.25, -0.2) is 4.90 Å². The number of rotatable bonds is 1. The van der Waals surface area contributed by atoms with E-state index in [9.17, 15) is 9.59 Å². The summed E-state index contributed by atoms with van der Waals surface area (Å²) in [5, 5.41) is 0. The van der Waals surface area contributed by atoms with Gasteiger partial charge in [0.05, 0.1) is 16.8 Å². The summed E-state index contributed by atoms with van der Waals surface area (Å²) >= 11 is 6.53. The average Bonchev–Trinajstić information content (AvgIpc) is 2.69. The van der Waals surface area contributed by atoms with Crippen LogP contribution in [0.15, 0.2) is 36.4 Å². The van der Waals surface area contributed by atoms with Crippen LogP contribution in [0, 0.1) is 10.7 Å². The maximum Gasteiger partial charge on any atom is 0.267 e. The molecule has 100 valence electrons. The normalized spacial score (nSPS) is 13.8. The zero-order valence-corrected chi connectivity index (χ0v) is 16.3. The van der Waals surface area contributed by atoms with Gasteiger partial charge in [0.1, 0.15) is 0 Å². The lowest BCUT2D eigenvalue weighted by Crippen LogP contribution is -2.29. The molecule has 0 saturated heterocycles. The number of amides is 2. The predicted octanol–water partition coefficient (Wildman–Crippen LogP) is 4.30. The summed E-state index contributed by atoms with van der Waals surface area (Å²) in [6, 6.07) is 10.8. The minimum atomic E-state index is -0.247. The predicted molar refractivity (Wildman–Crippen MR) is 102 cm³/mol. The fourth-order valence-corrected chi connectivity index (χ4v) is 4.44. The standard InChI is InChI=1S/C14H6I3NO2/c15-9-6-8-10(12(17)11(9)16)14(20)18(13(8)19)7-4-2-1-3-5-7/h1-6H. The Morgan fingerprint density at radius 2 is 1.50 bits per heavy atom. The van der Waals surface area contributed by atoms with Gasteiger partial charge in [-0.1, -0.05) is 18.2 Å². The highest BCUT2D eigenvalue weighted by Gasteiger charge is 2.39. The van der Waals surface area contributed by atoms with Crippen molar-refractivity contribution in [1.82, 2.24) is 0 Å². The van der Waals surface area contributed by atoms with Crippen molar-refractivity contribution in [3.63, 3.8) is 0 Å². The highest BCUT2D eigenvalue weighted by Crippen LogP contribution is 2.35. The molecule has 0 aliphatic carbocycles. The first-order valence-corrected chi connectivity index (χ1v) is 8.87. The fraction of sp³-hybridized carbons (Fsp3) is 0. The number of para-hydroxylation sites is 1. The van der Waals surface area contributed by atoms with Gasteiger partial charge in [0.2, 0.25) is 0 Å².